The third kappa shape index (κ3) is 4.12. The number of carboxylic acids is 1. The van der Waals surface area contributed by atoms with Crippen LogP contribution in [-0.4, -0.2) is 36.5 Å². The van der Waals surface area contributed by atoms with Crippen LogP contribution in [0.25, 0.3) is 0 Å². The van der Waals surface area contributed by atoms with Crippen LogP contribution < -0.4 is 5.32 Å². The molecule has 2 aromatic rings. The van der Waals surface area contributed by atoms with Gasteiger partial charge in [-0.05, 0) is 33.6 Å². The molecule has 2 aromatic heterocycles. The number of rotatable bonds is 7. The molecule has 142 valence electrons. The third-order valence-corrected chi connectivity index (χ3v) is 4.37. The zero-order valence-corrected chi connectivity index (χ0v) is 16.2. The van der Waals surface area contributed by atoms with Gasteiger partial charge >= 0.3 is 5.97 Å². The van der Waals surface area contributed by atoms with E-state index in [2.05, 4.69) is 29.4 Å². The van der Waals surface area contributed by atoms with Gasteiger partial charge in [0.2, 0.25) is 5.91 Å². The van der Waals surface area contributed by atoms with E-state index < -0.39 is 11.5 Å². The second kappa shape index (κ2) is 7.31. The number of amides is 1. The Morgan fingerprint density at radius 2 is 1.96 bits per heavy atom. The van der Waals surface area contributed by atoms with Gasteiger partial charge in [-0.2, -0.15) is 10.2 Å². The Morgan fingerprint density at radius 3 is 2.54 bits per heavy atom. The lowest BCUT2D eigenvalue weighted by molar-refractivity contribution is -0.146. The molecule has 0 aliphatic carbocycles. The van der Waals surface area contributed by atoms with Gasteiger partial charge in [-0.15, -0.1) is 0 Å². The zero-order valence-electron chi connectivity index (χ0n) is 16.2. The molecule has 0 fully saturated rings. The summed E-state index contributed by atoms with van der Waals surface area (Å²) in [6, 6.07) is 0. The van der Waals surface area contributed by atoms with Gasteiger partial charge in [-0.1, -0.05) is 13.8 Å². The van der Waals surface area contributed by atoms with E-state index in [0.29, 0.717) is 11.6 Å². The van der Waals surface area contributed by atoms with Crippen LogP contribution in [0.1, 0.15) is 44.6 Å². The summed E-state index contributed by atoms with van der Waals surface area (Å²) in [6.07, 6.45) is 3.18. The Bertz CT molecular complexity index is 817. The van der Waals surface area contributed by atoms with Crippen molar-refractivity contribution in [3.8, 4) is 0 Å². The maximum Gasteiger partial charge on any atom is 0.331 e. The summed E-state index contributed by atoms with van der Waals surface area (Å²) in [5.74, 6) is -0.714. The van der Waals surface area contributed by atoms with Crippen molar-refractivity contribution in [2.45, 2.75) is 60.0 Å². The van der Waals surface area contributed by atoms with Gasteiger partial charge in [-0.25, -0.2) is 4.79 Å². The van der Waals surface area contributed by atoms with Crippen molar-refractivity contribution >= 4 is 17.6 Å². The summed E-state index contributed by atoms with van der Waals surface area (Å²) < 4.78 is 3.26. The number of aromatic nitrogens is 4. The molecule has 0 radical (unpaired) electrons. The average molecular weight is 361 g/mol. The highest BCUT2D eigenvalue weighted by Gasteiger charge is 2.30. The number of hydrogen-bond donors (Lipinski definition) is 2. The monoisotopic (exact) mass is 361 g/mol. The van der Waals surface area contributed by atoms with Gasteiger partial charge < -0.3 is 10.4 Å². The van der Waals surface area contributed by atoms with Gasteiger partial charge in [0.15, 0.2) is 5.54 Å². The molecule has 2 rings (SSSR count). The number of aryl methyl sites for hydroxylation is 1. The van der Waals surface area contributed by atoms with Gasteiger partial charge in [0.1, 0.15) is 0 Å². The fourth-order valence-electron chi connectivity index (χ4n) is 2.67. The van der Waals surface area contributed by atoms with Crippen LogP contribution in [-0.2, 0) is 28.1 Å². The first-order valence-corrected chi connectivity index (χ1v) is 8.63. The number of anilines is 1. The minimum atomic E-state index is -1.19. The van der Waals surface area contributed by atoms with Gasteiger partial charge in [0.05, 0.1) is 24.0 Å². The Balaban J connectivity index is 2.10. The number of nitrogens with one attached hydrogen (secondary N) is 1. The summed E-state index contributed by atoms with van der Waals surface area (Å²) in [7, 11) is 0. The summed E-state index contributed by atoms with van der Waals surface area (Å²) in [5.41, 5.74) is 2.04. The smallest absolute Gasteiger partial charge is 0.331 e. The minimum absolute atomic E-state index is 0.187. The molecule has 1 amide bonds. The quantitative estimate of drug-likeness (QED) is 0.788. The van der Waals surface area contributed by atoms with Gasteiger partial charge in [0, 0.05) is 24.0 Å². The number of aliphatic carboxylic acids is 1. The topological polar surface area (TPSA) is 102 Å². The van der Waals surface area contributed by atoms with E-state index in [1.165, 1.54) is 17.1 Å². The molecule has 2 N–H and O–H groups in total. The van der Waals surface area contributed by atoms with Crippen LogP contribution in [0.15, 0.2) is 12.4 Å². The first-order valence-electron chi connectivity index (χ1n) is 8.63. The highest BCUT2D eigenvalue weighted by Crippen LogP contribution is 2.19. The number of carbonyl (C=O) groups is 2. The molecule has 0 aliphatic rings. The summed E-state index contributed by atoms with van der Waals surface area (Å²) >= 11 is 0. The highest BCUT2D eigenvalue weighted by molar-refractivity contribution is 5.92. The molecule has 0 unspecified atom stereocenters. The van der Waals surface area contributed by atoms with Crippen LogP contribution in [0.3, 0.4) is 0 Å². The van der Waals surface area contributed by atoms with Crippen LogP contribution in [0.5, 0.6) is 0 Å². The fraction of sp³-hybridized carbons (Fsp3) is 0.556. The van der Waals surface area contributed by atoms with Gasteiger partial charge in [0.25, 0.3) is 0 Å². The minimum Gasteiger partial charge on any atom is -0.479 e. The largest absolute Gasteiger partial charge is 0.479 e. The van der Waals surface area contributed by atoms with E-state index in [0.717, 1.165) is 23.5 Å². The molecule has 0 bridgehead atoms. The van der Waals surface area contributed by atoms with E-state index >= 15 is 0 Å². The zero-order chi connectivity index (χ0) is 19.6. The average Bonchev–Trinajstić information content (AvgIpc) is 3.08. The predicted molar refractivity (Wildman–Crippen MR) is 98.1 cm³/mol. The molecular formula is C18H27N5O3. The Labute approximate surface area is 153 Å². The van der Waals surface area contributed by atoms with E-state index in [1.807, 2.05) is 18.5 Å². The lowest BCUT2D eigenvalue weighted by Gasteiger charge is -2.19. The molecular weight excluding hydrogens is 334 g/mol. The maximum atomic E-state index is 12.4. The second-order valence-electron chi connectivity index (χ2n) is 7.49. The van der Waals surface area contributed by atoms with Crippen LogP contribution in [0.4, 0.5) is 5.69 Å². The predicted octanol–water partition coefficient (Wildman–Crippen LogP) is 2.35. The van der Waals surface area contributed by atoms with Crippen LogP contribution in [0, 0.1) is 19.8 Å². The van der Waals surface area contributed by atoms with Crippen LogP contribution in [0.2, 0.25) is 0 Å². The van der Waals surface area contributed by atoms with Crippen molar-refractivity contribution in [3.63, 3.8) is 0 Å². The summed E-state index contributed by atoms with van der Waals surface area (Å²) in [6.45, 7) is 12.0. The summed E-state index contributed by atoms with van der Waals surface area (Å²) in [5, 5.41) is 20.6. The van der Waals surface area contributed by atoms with Crippen LogP contribution >= 0.6 is 0 Å². The Kier molecular flexibility index (Phi) is 5.53. The maximum absolute atomic E-state index is 12.4. The van der Waals surface area contributed by atoms with Crippen molar-refractivity contribution in [1.82, 2.24) is 19.6 Å². The lowest BCUT2D eigenvalue weighted by atomic mass is 10.1. The SMILES string of the molecule is Cc1nn(CC(C)C)c(C)c1CC(=O)Nc1cnn(C(C)(C)C(=O)O)c1. The Hall–Kier alpha value is -2.64. The van der Waals surface area contributed by atoms with E-state index in [-0.39, 0.29) is 12.3 Å². The molecule has 0 aromatic carbocycles. The molecule has 0 atom stereocenters. The fourth-order valence-corrected chi connectivity index (χ4v) is 2.67. The number of carboxylic acid groups (broad SMARTS) is 1. The molecule has 0 spiro atoms. The molecule has 26 heavy (non-hydrogen) atoms. The Morgan fingerprint density at radius 1 is 1.31 bits per heavy atom. The van der Waals surface area contributed by atoms with E-state index in [9.17, 15) is 14.7 Å². The molecule has 8 nitrogen and oxygen atoms in total. The first kappa shape index (κ1) is 19.7. The van der Waals surface area contributed by atoms with Crippen molar-refractivity contribution < 1.29 is 14.7 Å². The number of carbonyl (C=O) groups excluding carboxylic acids is 1. The lowest BCUT2D eigenvalue weighted by Crippen LogP contribution is -2.35. The van der Waals surface area contributed by atoms with E-state index in [4.69, 9.17) is 0 Å². The molecule has 0 aliphatic heterocycles. The normalized spacial score (nSPS) is 11.8. The van der Waals surface area contributed by atoms with Crippen molar-refractivity contribution in [1.29, 1.82) is 0 Å². The van der Waals surface area contributed by atoms with Crippen molar-refractivity contribution in [3.05, 3.63) is 29.3 Å². The molecule has 0 saturated heterocycles. The third-order valence-electron chi connectivity index (χ3n) is 4.37. The standard InChI is InChI=1S/C18H27N5O3/c1-11(2)9-22-13(4)15(12(3)21-22)7-16(24)20-14-8-19-23(10-14)18(5,6)17(25)26/h8,10-11H,7,9H2,1-6H3,(H,20,24)(H,25,26). The van der Waals surface area contributed by atoms with Gasteiger partial charge in [-0.3, -0.25) is 14.2 Å². The van der Waals surface area contributed by atoms with Crippen molar-refractivity contribution in [2.24, 2.45) is 5.92 Å². The highest BCUT2D eigenvalue weighted by atomic mass is 16.4. The number of nitrogens with zero attached hydrogens (tertiary/aromatic N) is 4. The molecule has 0 saturated carbocycles. The van der Waals surface area contributed by atoms with Crippen molar-refractivity contribution in [2.75, 3.05) is 5.32 Å². The first-order chi connectivity index (χ1) is 12.0. The summed E-state index contributed by atoms with van der Waals surface area (Å²) in [4.78, 5) is 23.7. The molecule has 8 heteroatoms. The number of hydrogen-bond acceptors (Lipinski definition) is 4. The molecule has 2 heterocycles. The second-order valence-corrected chi connectivity index (χ2v) is 7.49. The van der Waals surface area contributed by atoms with E-state index in [1.54, 1.807) is 13.8 Å².